The summed E-state index contributed by atoms with van der Waals surface area (Å²) < 4.78 is 8.81. The van der Waals surface area contributed by atoms with Crippen LogP contribution in [0, 0.1) is 0 Å². The van der Waals surface area contributed by atoms with Crippen molar-refractivity contribution in [2.75, 3.05) is 0 Å². The minimum Gasteiger partial charge on any atom is -0.456 e. The molecule has 3 heterocycles. The average Bonchev–Trinajstić information content (AvgIpc) is 4.30. The zero-order chi connectivity index (χ0) is 49.5. The third kappa shape index (κ3) is 6.93. The number of benzene rings is 12. The number of hydrogen-bond acceptors (Lipinski definition) is 1. The fourth-order valence-corrected chi connectivity index (χ4v) is 17.6. The second kappa shape index (κ2) is 17.3. The Morgan fingerprint density at radius 2 is 0.627 bits per heavy atom. The van der Waals surface area contributed by atoms with Gasteiger partial charge in [-0.05, 0) is 142 Å². The molecule has 0 aliphatic carbocycles. The van der Waals surface area contributed by atoms with Crippen LogP contribution in [-0.4, -0.2) is 12.6 Å². The fraction of sp³-hybridized carbons (Fsp3) is 0. The summed E-state index contributed by atoms with van der Waals surface area (Å²) in [6.45, 7) is 0. The molecule has 0 radical (unpaired) electrons. The van der Waals surface area contributed by atoms with Gasteiger partial charge in [-0.25, -0.2) is 0 Å². The van der Waals surface area contributed by atoms with Crippen LogP contribution in [-0.2, 0) is 0 Å². The molecule has 1 aliphatic rings. The van der Waals surface area contributed by atoms with E-state index in [9.17, 15) is 0 Å². The zero-order valence-corrected chi connectivity index (χ0v) is 42.0. The highest BCUT2D eigenvalue weighted by atomic mass is 28.3. The van der Waals surface area contributed by atoms with E-state index in [-0.39, 0.29) is 0 Å². The van der Waals surface area contributed by atoms with Crippen LogP contribution in [0.25, 0.3) is 116 Å². The number of aromatic nitrogens is 1. The van der Waals surface area contributed by atoms with Crippen LogP contribution in [0.15, 0.2) is 290 Å². The van der Waals surface area contributed by atoms with Gasteiger partial charge in [0, 0.05) is 27.2 Å². The van der Waals surface area contributed by atoms with Gasteiger partial charge in [-0.2, -0.15) is 0 Å². The van der Waals surface area contributed by atoms with Gasteiger partial charge in [0.1, 0.15) is 11.2 Å². The lowest BCUT2D eigenvalue weighted by molar-refractivity contribution is 0.669. The highest BCUT2D eigenvalue weighted by Gasteiger charge is 2.49. The summed E-state index contributed by atoms with van der Waals surface area (Å²) in [4.78, 5) is 0. The standard InChI is InChI=1S/C72H47NOSi/c1-5-15-48(16-6-1)50-25-29-52(30-26-50)54-34-40-67-64(43-54)65-44-55(53-31-27-51(28-32-53)49-17-7-2-8-18-49)35-41-68(65)73(67)58-37-39-63-62-38-33-57(56-36-42-70-66(45-56)61-23-13-14-24-69(61)74-70)46-71(62)75(72(63)47-58,59-19-9-3-10-20-59)60-21-11-4-12-22-60/h1-47H. The van der Waals surface area contributed by atoms with Crippen molar-refractivity contribution in [1.29, 1.82) is 0 Å². The lowest BCUT2D eigenvalue weighted by atomic mass is 9.97. The molecule has 0 amide bonds. The molecule has 15 rings (SSSR count). The van der Waals surface area contributed by atoms with Crippen LogP contribution in [0.5, 0.6) is 0 Å². The van der Waals surface area contributed by atoms with Gasteiger partial charge in [-0.3, -0.25) is 0 Å². The lowest BCUT2D eigenvalue weighted by Crippen LogP contribution is -2.72. The number of rotatable bonds is 8. The number of furan rings is 1. The minimum absolute atomic E-state index is 0.908. The van der Waals surface area contributed by atoms with Crippen LogP contribution in [0.4, 0.5) is 0 Å². The first-order valence-corrected chi connectivity index (χ1v) is 27.9. The second-order valence-corrected chi connectivity index (χ2v) is 23.7. The molecule has 0 fully saturated rings. The van der Waals surface area contributed by atoms with Crippen molar-refractivity contribution in [3.8, 4) is 72.4 Å². The fourth-order valence-electron chi connectivity index (χ4n) is 12.3. The molecule has 350 valence electrons. The maximum absolute atomic E-state index is 6.30. The van der Waals surface area contributed by atoms with Gasteiger partial charge in [0.2, 0.25) is 0 Å². The minimum atomic E-state index is -2.95. The number of para-hydroxylation sites is 1. The Bertz CT molecular complexity index is 4300. The summed E-state index contributed by atoms with van der Waals surface area (Å²) in [5, 5.41) is 10.3. The molecule has 12 aromatic carbocycles. The van der Waals surface area contributed by atoms with E-state index in [1.54, 1.807) is 0 Å². The highest BCUT2D eigenvalue weighted by molar-refractivity contribution is 7.22. The Morgan fingerprint density at radius 3 is 1.19 bits per heavy atom. The van der Waals surface area contributed by atoms with Gasteiger partial charge in [0.15, 0.2) is 8.07 Å². The molecule has 0 unspecified atom stereocenters. The van der Waals surface area contributed by atoms with Gasteiger partial charge < -0.3 is 8.98 Å². The second-order valence-electron chi connectivity index (χ2n) is 20.0. The molecule has 75 heavy (non-hydrogen) atoms. The molecular weight excluding hydrogens is 923 g/mol. The van der Waals surface area contributed by atoms with Crippen LogP contribution in [0.3, 0.4) is 0 Å². The lowest BCUT2D eigenvalue weighted by Gasteiger charge is -2.32. The van der Waals surface area contributed by atoms with Gasteiger partial charge in [0.25, 0.3) is 0 Å². The van der Waals surface area contributed by atoms with Crippen LogP contribution in [0.1, 0.15) is 0 Å². The van der Waals surface area contributed by atoms with Crippen molar-refractivity contribution in [1.82, 2.24) is 4.57 Å². The van der Waals surface area contributed by atoms with E-state index < -0.39 is 8.07 Å². The van der Waals surface area contributed by atoms with Crippen molar-refractivity contribution < 1.29 is 4.42 Å². The van der Waals surface area contributed by atoms with Gasteiger partial charge in [-0.15, -0.1) is 0 Å². The van der Waals surface area contributed by atoms with E-state index in [1.165, 1.54) is 109 Å². The summed E-state index contributed by atoms with van der Waals surface area (Å²) in [6, 6.07) is 106. The smallest absolute Gasteiger partial charge is 0.180 e. The number of fused-ring (bicyclic) bond motifs is 9. The molecular formula is C72H47NOSi. The van der Waals surface area contributed by atoms with Crippen molar-refractivity contribution in [3.63, 3.8) is 0 Å². The third-order valence-electron chi connectivity index (χ3n) is 15.9. The molecule has 2 nitrogen and oxygen atoms in total. The Morgan fingerprint density at radius 1 is 0.253 bits per heavy atom. The zero-order valence-electron chi connectivity index (χ0n) is 41.0. The van der Waals surface area contributed by atoms with E-state index in [0.717, 1.165) is 27.6 Å². The average molecular weight is 970 g/mol. The predicted molar refractivity (Wildman–Crippen MR) is 318 cm³/mol. The van der Waals surface area contributed by atoms with Crippen molar-refractivity contribution in [2.45, 2.75) is 0 Å². The van der Waals surface area contributed by atoms with E-state index in [0.29, 0.717) is 0 Å². The Balaban J connectivity index is 0.927. The Labute approximate surface area is 436 Å². The van der Waals surface area contributed by atoms with E-state index in [2.05, 4.69) is 284 Å². The van der Waals surface area contributed by atoms with E-state index >= 15 is 0 Å². The molecule has 0 N–H and O–H groups in total. The maximum Gasteiger partial charge on any atom is 0.180 e. The van der Waals surface area contributed by atoms with Crippen molar-refractivity contribution in [3.05, 3.63) is 285 Å². The van der Waals surface area contributed by atoms with Gasteiger partial charge in [-0.1, -0.05) is 231 Å². The van der Waals surface area contributed by atoms with Gasteiger partial charge >= 0.3 is 0 Å². The monoisotopic (exact) mass is 969 g/mol. The predicted octanol–water partition coefficient (Wildman–Crippen LogP) is 16.4. The summed E-state index contributed by atoms with van der Waals surface area (Å²) in [5.41, 5.74) is 20.0. The number of hydrogen-bond donors (Lipinski definition) is 0. The molecule has 14 aromatic rings. The van der Waals surface area contributed by atoms with E-state index in [4.69, 9.17) is 4.42 Å². The third-order valence-corrected chi connectivity index (χ3v) is 20.8. The largest absolute Gasteiger partial charge is 0.456 e. The van der Waals surface area contributed by atoms with Crippen molar-refractivity contribution >= 4 is 72.6 Å². The van der Waals surface area contributed by atoms with Crippen LogP contribution >= 0.6 is 0 Å². The van der Waals surface area contributed by atoms with Crippen LogP contribution in [0.2, 0.25) is 0 Å². The molecule has 2 aromatic heterocycles. The highest BCUT2D eigenvalue weighted by Crippen LogP contribution is 2.40. The number of nitrogens with zero attached hydrogens (tertiary/aromatic N) is 1. The Hall–Kier alpha value is -9.54. The van der Waals surface area contributed by atoms with Crippen LogP contribution < -0.4 is 20.7 Å². The van der Waals surface area contributed by atoms with Gasteiger partial charge in [0.05, 0.1) is 11.0 Å². The Kier molecular flexibility index (Phi) is 9.94. The summed E-state index contributed by atoms with van der Waals surface area (Å²) >= 11 is 0. The molecule has 0 bridgehead atoms. The molecule has 0 saturated carbocycles. The first-order valence-electron chi connectivity index (χ1n) is 25.9. The normalized spacial score (nSPS) is 12.6. The maximum atomic E-state index is 6.30. The SMILES string of the molecule is c1ccc(-c2ccc(-c3ccc4c(c3)c3cc(-c5ccc(-c6ccccc6)cc5)ccc3n4-c3ccc4c(c3)[Si](c3ccccc3)(c3ccccc3)c3cc(-c5ccc6oc7ccccc7c6c5)ccc3-4)cc2)cc1. The molecule has 0 saturated heterocycles. The van der Waals surface area contributed by atoms with Crippen molar-refractivity contribution in [2.24, 2.45) is 0 Å². The molecule has 1 aliphatic heterocycles. The first-order chi connectivity index (χ1) is 37.2. The first kappa shape index (κ1) is 43.1. The summed E-state index contributed by atoms with van der Waals surface area (Å²) in [7, 11) is -2.95. The molecule has 3 heteroatoms. The summed E-state index contributed by atoms with van der Waals surface area (Å²) in [5.74, 6) is 0. The topological polar surface area (TPSA) is 18.1 Å². The molecule has 0 spiro atoms. The quantitative estimate of drug-likeness (QED) is 0.139. The molecule has 0 atom stereocenters. The summed E-state index contributed by atoms with van der Waals surface area (Å²) in [6.07, 6.45) is 0. The van der Waals surface area contributed by atoms with E-state index in [1.807, 2.05) is 6.07 Å².